The van der Waals surface area contributed by atoms with Gasteiger partial charge in [-0.1, -0.05) is 6.07 Å². The quantitative estimate of drug-likeness (QED) is 0.644. The highest BCUT2D eigenvalue weighted by atomic mass is 16.5. The number of nitriles is 1. The van der Waals surface area contributed by atoms with Crippen molar-refractivity contribution in [3.63, 3.8) is 0 Å². The Hall–Kier alpha value is -2.32. The second-order valence-corrected chi connectivity index (χ2v) is 5.76. The van der Waals surface area contributed by atoms with E-state index in [2.05, 4.69) is 11.4 Å². The zero-order chi connectivity index (χ0) is 16.7. The lowest BCUT2D eigenvalue weighted by Gasteiger charge is -2.28. The third-order valence-corrected chi connectivity index (χ3v) is 4.00. The van der Waals surface area contributed by atoms with Gasteiger partial charge in [0, 0.05) is 23.8 Å². The Morgan fingerprint density at radius 3 is 2.83 bits per heavy atom. The Bertz CT molecular complexity index is 611. The SMILES string of the molecule is CCOC(=O)/C=C/c1ccc(C#N)cc1NC1CCC(N)CC1. The molecule has 0 atom stereocenters. The van der Waals surface area contributed by atoms with E-state index in [0.717, 1.165) is 36.9 Å². The Morgan fingerprint density at radius 1 is 1.43 bits per heavy atom. The first kappa shape index (κ1) is 17.0. The fraction of sp³-hybridized carbons (Fsp3) is 0.444. The molecule has 0 radical (unpaired) electrons. The number of rotatable bonds is 5. The van der Waals surface area contributed by atoms with Crippen LogP contribution >= 0.6 is 0 Å². The van der Waals surface area contributed by atoms with E-state index in [1.54, 1.807) is 19.1 Å². The lowest BCUT2D eigenvalue weighted by molar-refractivity contribution is -0.137. The van der Waals surface area contributed by atoms with Crippen LogP contribution in [0.2, 0.25) is 0 Å². The van der Waals surface area contributed by atoms with Crippen molar-refractivity contribution in [2.75, 3.05) is 11.9 Å². The summed E-state index contributed by atoms with van der Waals surface area (Å²) < 4.78 is 4.90. The molecule has 5 nitrogen and oxygen atoms in total. The Balaban J connectivity index is 2.15. The summed E-state index contributed by atoms with van der Waals surface area (Å²) in [4.78, 5) is 11.5. The van der Waals surface area contributed by atoms with Crippen molar-refractivity contribution in [3.8, 4) is 6.07 Å². The highest BCUT2D eigenvalue weighted by Crippen LogP contribution is 2.25. The molecule has 3 N–H and O–H groups in total. The molecule has 0 heterocycles. The van der Waals surface area contributed by atoms with Crippen LogP contribution in [-0.4, -0.2) is 24.7 Å². The third kappa shape index (κ3) is 5.11. The van der Waals surface area contributed by atoms with Gasteiger partial charge in [0.05, 0.1) is 18.2 Å². The van der Waals surface area contributed by atoms with E-state index < -0.39 is 0 Å². The molecule has 0 spiro atoms. The number of ether oxygens (including phenoxy) is 1. The molecular weight excluding hydrogens is 290 g/mol. The summed E-state index contributed by atoms with van der Waals surface area (Å²) in [5.74, 6) is -0.369. The number of esters is 1. The van der Waals surface area contributed by atoms with Gasteiger partial charge < -0.3 is 15.8 Å². The van der Waals surface area contributed by atoms with Crippen LogP contribution in [0.15, 0.2) is 24.3 Å². The van der Waals surface area contributed by atoms with Gasteiger partial charge in [-0.15, -0.1) is 0 Å². The monoisotopic (exact) mass is 313 g/mol. The van der Waals surface area contributed by atoms with Crippen LogP contribution in [0.4, 0.5) is 5.69 Å². The number of nitrogens with zero attached hydrogens (tertiary/aromatic N) is 1. The van der Waals surface area contributed by atoms with Gasteiger partial charge in [0.1, 0.15) is 0 Å². The fourth-order valence-corrected chi connectivity index (χ4v) is 2.73. The minimum atomic E-state index is -0.369. The van der Waals surface area contributed by atoms with E-state index >= 15 is 0 Å². The number of hydrogen-bond donors (Lipinski definition) is 2. The molecule has 122 valence electrons. The molecule has 1 aliphatic rings. The number of benzene rings is 1. The molecule has 0 aromatic heterocycles. The Kier molecular flexibility index (Phi) is 6.19. The van der Waals surface area contributed by atoms with Crippen molar-refractivity contribution in [1.82, 2.24) is 0 Å². The number of carbonyl (C=O) groups excluding carboxylic acids is 1. The maximum Gasteiger partial charge on any atom is 0.330 e. The summed E-state index contributed by atoms with van der Waals surface area (Å²) in [5, 5.41) is 12.6. The molecule has 0 saturated heterocycles. The minimum Gasteiger partial charge on any atom is -0.463 e. The predicted molar refractivity (Wildman–Crippen MR) is 90.7 cm³/mol. The smallest absolute Gasteiger partial charge is 0.330 e. The van der Waals surface area contributed by atoms with Crippen molar-refractivity contribution < 1.29 is 9.53 Å². The van der Waals surface area contributed by atoms with E-state index in [9.17, 15) is 4.79 Å². The third-order valence-electron chi connectivity index (χ3n) is 4.00. The predicted octanol–water partition coefficient (Wildman–Crippen LogP) is 2.82. The molecule has 1 aliphatic carbocycles. The summed E-state index contributed by atoms with van der Waals surface area (Å²) in [6, 6.07) is 8.19. The van der Waals surface area contributed by atoms with E-state index in [1.807, 2.05) is 12.1 Å². The first-order valence-electron chi connectivity index (χ1n) is 8.03. The molecule has 1 saturated carbocycles. The van der Waals surface area contributed by atoms with Gasteiger partial charge in [-0.25, -0.2) is 4.79 Å². The van der Waals surface area contributed by atoms with Crippen molar-refractivity contribution in [1.29, 1.82) is 5.26 Å². The molecule has 1 aromatic carbocycles. The van der Waals surface area contributed by atoms with E-state index in [1.165, 1.54) is 6.08 Å². The topological polar surface area (TPSA) is 88.1 Å². The maximum atomic E-state index is 11.5. The largest absolute Gasteiger partial charge is 0.463 e. The minimum absolute atomic E-state index is 0.293. The first-order chi connectivity index (χ1) is 11.1. The molecule has 1 fully saturated rings. The summed E-state index contributed by atoms with van der Waals surface area (Å²) in [6.07, 6.45) is 7.16. The van der Waals surface area contributed by atoms with Crippen LogP contribution in [0.3, 0.4) is 0 Å². The van der Waals surface area contributed by atoms with Crippen molar-refractivity contribution in [2.45, 2.75) is 44.7 Å². The number of hydrogen-bond acceptors (Lipinski definition) is 5. The maximum absolute atomic E-state index is 11.5. The normalized spacial score (nSPS) is 20.9. The zero-order valence-electron chi connectivity index (χ0n) is 13.4. The lowest BCUT2D eigenvalue weighted by Crippen LogP contribution is -2.32. The summed E-state index contributed by atoms with van der Waals surface area (Å²) in [5.41, 5.74) is 8.27. The molecule has 0 aliphatic heterocycles. The number of carbonyl (C=O) groups is 1. The van der Waals surface area contributed by atoms with Gasteiger partial charge in [-0.05, 0) is 56.4 Å². The highest BCUT2D eigenvalue weighted by molar-refractivity contribution is 5.88. The molecule has 0 amide bonds. The van der Waals surface area contributed by atoms with Crippen LogP contribution in [0.25, 0.3) is 6.08 Å². The van der Waals surface area contributed by atoms with Gasteiger partial charge in [-0.3, -0.25) is 0 Å². The fourth-order valence-electron chi connectivity index (χ4n) is 2.73. The van der Waals surface area contributed by atoms with Crippen LogP contribution < -0.4 is 11.1 Å². The molecule has 2 rings (SSSR count). The number of nitrogens with one attached hydrogen (secondary N) is 1. The van der Waals surface area contributed by atoms with Gasteiger partial charge >= 0.3 is 5.97 Å². The summed E-state index contributed by atoms with van der Waals surface area (Å²) in [7, 11) is 0. The average molecular weight is 313 g/mol. The number of anilines is 1. The van der Waals surface area contributed by atoms with Crippen LogP contribution in [0, 0.1) is 11.3 Å². The summed E-state index contributed by atoms with van der Waals surface area (Å²) in [6.45, 7) is 2.12. The molecule has 0 unspecified atom stereocenters. The average Bonchev–Trinajstić information content (AvgIpc) is 2.56. The van der Waals surface area contributed by atoms with Crippen molar-refractivity contribution >= 4 is 17.7 Å². The van der Waals surface area contributed by atoms with Gasteiger partial charge in [0.15, 0.2) is 0 Å². The molecule has 23 heavy (non-hydrogen) atoms. The van der Waals surface area contributed by atoms with Crippen molar-refractivity contribution in [2.24, 2.45) is 5.73 Å². The number of nitrogens with two attached hydrogens (primary N) is 1. The van der Waals surface area contributed by atoms with Crippen LogP contribution in [-0.2, 0) is 9.53 Å². The van der Waals surface area contributed by atoms with E-state index in [0.29, 0.717) is 24.3 Å². The van der Waals surface area contributed by atoms with Crippen LogP contribution in [0.5, 0.6) is 0 Å². The second-order valence-electron chi connectivity index (χ2n) is 5.76. The van der Waals surface area contributed by atoms with E-state index in [-0.39, 0.29) is 5.97 Å². The molecular formula is C18H23N3O2. The van der Waals surface area contributed by atoms with Gasteiger partial charge in [-0.2, -0.15) is 5.26 Å². The zero-order valence-corrected chi connectivity index (χ0v) is 13.4. The standard InChI is InChI=1S/C18H23N3O2/c1-2-23-18(22)10-5-14-4-3-13(12-19)11-17(14)21-16-8-6-15(20)7-9-16/h3-5,10-11,15-16,21H,2,6-9,20H2,1H3/b10-5+. The highest BCUT2D eigenvalue weighted by Gasteiger charge is 2.19. The van der Waals surface area contributed by atoms with Crippen LogP contribution in [0.1, 0.15) is 43.7 Å². The molecule has 1 aromatic rings. The second kappa shape index (κ2) is 8.35. The first-order valence-corrected chi connectivity index (χ1v) is 8.03. The summed E-state index contributed by atoms with van der Waals surface area (Å²) >= 11 is 0. The lowest BCUT2D eigenvalue weighted by atomic mass is 9.91. The Morgan fingerprint density at radius 2 is 2.17 bits per heavy atom. The van der Waals surface area contributed by atoms with Gasteiger partial charge in [0.25, 0.3) is 0 Å². The van der Waals surface area contributed by atoms with Gasteiger partial charge in [0.2, 0.25) is 0 Å². The van der Waals surface area contributed by atoms with Crippen molar-refractivity contribution in [3.05, 3.63) is 35.4 Å². The molecule has 5 heteroatoms. The Labute approximate surface area is 137 Å². The molecule has 0 bridgehead atoms. The van der Waals surface area contributed by atoms with E-state index in [4.69, 9.17) is 15.7 Å².